The summed E-state index contributed by atoms with van der Waals surface area (Å²) in [6, 6.07) is 0. The molecule has 7 heavy (non-hydrogen) atoms. The summed E-state index contributed by atoms with van der Waals surface area (Å²) in [5.41, 5.74) is 5.22. The van der Waals surface area contributed by atoms with Gasteiger partial charge in [0.1, 0.15) is 0 Å². The minimum Gasteiger partial charge on any atom is -0.381 e. The van der Waals surface area contributed by atoms with Crippen LogP contribution in [0.3, 0.4) is 0 Å². The van der Waals surface area contributed by atoms with E-state index in [9.17, 15) is 0 Å². The molecule has 0 aliphatic carbocycles. The zero-order chi connectivity index (χ0) is 5.28. The Balaban J connectivity index is 3.12. The summed E-state index contributed by atoms with van der Waals surface area (Å²) in [5.74, 6) is 0.448. The van der Waals surface area contributed by atoms with Gasteiger partial charge in [-0.15, -0.1) is 12.6 Å². The first-order valence-electron chi connectivity index (χ1n) is 1.79. The maximum absolute atomic E-state index is 5.22. The number of rotatable bonds is 0. The van der Waals surface area contributed by atoms with E-state index in [0.717, 1.165) is 0 Å². The molecule has 0 aliphatic rings. The van der Waals surface area contributed by atoms with E-state index in [4.69, 9.17) is 5.73 Å². The topological polar surface area (TPSA) is 54.7 Å². The summed E-state index contributed by atoms with van der Waals surface area (Å²) in [6.07, 6.45) is 1.62. The zero-order valence-electron chi connectivity index (χ0n) is 3.55. The molecule has 0 bridgehead atoms. The second-order valence-electron chi connectivity index (χ2n) is 1.16. The first kappa shape index (κ1) is 4.52. The zero-order valence-corrected chi connectivity index (χ0v) is 4.44. The van der Waals surface area contributed by atoms with Crippen LogP contribution in [0.4, 0.5) is 5.82 Å². The van der Waals surface area contributed by atoms with Gasteiger partial charge in [0, 0.05) is 6.20 Å². The molecule has 0 unspecified atom stereocenters. The third-order valence-electron chi connectivity index (χ3n) is 0.649. The number of nitrogens with two attached hydrogens (primary N) is 1. The van der Waals surface area contributed by atoms with Crippen LogP contribution >= 0.6 is 12.6 Å². The van der Waals surface area contributed by atoms with E-state index in [0.29, 0.717) is 10.7 Å². The Hall–Kier alpha value is -0.640. The van der Waals surface area contributed by atoms with Crippen LogP contribution in [0.1, 0.15) is 0 Å². The van der Waals surface area contributed by atoms with E-state index in [1.807, 2.05) is 0 Å². The van der Waals surface area contributed by atoms with Gasteiger partial charge in [0.2, 0.25) is 0 Å². The van der Waals surface area contributed by atoms with Crippen LogP contribution in [0, 0.1) is 0 Å². The van der Waals surface area contributed by atoms with Gasteiger partial charge in [0.15, 0.2) is 5.82 Å². The number of aromatic nitrogens is 2. The highest BCUT2D eigenvalue weighted by molar-refractivity contribution is 7.80. The van der Waals surface area contributed by atoms with Crippen LogP contribution in [-0.2, 0) is 0 Å². The smallest absolute Gasteiger partial charge is 0.158 e. The van der Waals surface area contributed by atoms with Crippen LogP contribution in [0.25, 0.3) is 0 Å². The second-order valence-corrected chi connectivity index (χ2v) is 1.64. The van der Waals surface area contributed by atoms with Gasteiger partial charge in [-0.2, -0.15) is 5.10 Å². The molecule has 0 amide bonds. The van der Waals surface area contributed by atoms with E-state index < -0.39 is 0 Å². The van der Waals surface area contributed by atoms with Crippen molar-refractivity contribution in [3.8, 4) is 0 Å². The summed E-state index contributed by atoms with van der Waals surface area (Å²) < 4.78 is 0. The van der Waals surface area contributed by atoms with E-state index in [1.165, 1.54) is 0 Å². The molecule has 0 aromatic carbocycles. The molecule has 1 aromatic heterocycles. The Kier molecular flexibility index (Phi) is 0.941. The molecule has 4 heteroatoms. The number of nitrogen functional groups attached to an aromatic ring is 1. The van der Waals surface area contributed by atoms with Crippen molar-refractivity contribution in [1.82, 2.24) is 10.2 Å². The number of hydrogen-bond acceptors (Lipinski definition) is 3. The van der Waals surface area contributed by atoms with Gasteiger partial charge in [0.05, 0.1) is 4.90 Å². The molecule has 3 nitrogen and oxygen atoms in total. The number of thiol groups is 1. The van der Waals surface area contributed by atoms with Crippen LogP contribution in [0.2, 0.25) is 0 Å². The molecule has 3 N–H and O–H groups in total. The van der Waals surface area contributed by atoms with Gasteiger partial charge >= 0.3 is 0 Å². The summed E-state index contributed by atoms with van der Waals surface area (Å²) in [6.45, 7) is 0. The van der Waals surface area contributed by atoms with Gasteiger partial charge < -0.3 is 5.73 Å². The maximum Gasteiger partial charge on any atom is 0.158 e. The summed E-state index contributed by atoms with van der Waals surface area (Å²) in [5, 5.41) is 6.14. The van der Waals surface area contributed by atoms with Crippen LogP contribution in [-0.4, -0.2) is 10.2 Å². The SMILES string of the molecule is Nc1n[nH]cc1S. The van der Waals surface area contributed by atoms with Crippen LogP contribution < -0.4 is 5.73 Å². The van der Waals surface area contributed by atoms with E-state index >= 15 is 0 Å². The first-order valence-corrected chi connectivity index (χ1v) is 2.23. The van der Waals surface area contributed by atoms with Crippen molar-refractivity contribution in [3.63, 3.8) is 0 Å². The molecule has 0 spiro atoms. The highest BCUT2D eigenvalue weighted by atomic mass is 32.1. The fourth-order valence-corrected chi connectivity index (χ4v) is 0.402. The third kappa shape index (κ3) is 0.691. The van der Waals surface area contributed by atoms with Crippen molar-refractivity contribution in [1.29, 1.82) is 0 Å². The van der Waals surface area contributed by atoms with E-state index in [2.05, 4.69) is 22.8 Å². The third-order valence-corrected chi connectivity index (χ3v) is 1.01. The molecule has 1 rings (SSSR count). The van der Waals surface area contributed by atoms with E-state index in [-0.39, 0.29) is 0 Å². The molecular formula is C3H5N3S. The Labute approximate surface area is 46.3 Å². The number of H-pyrrole nitrogens is 1. The molecular weight excluding hydrogens is 110 g/mol. The molecule has 0 aliphatic heterocycles. The van der Waals surface area contributed by atoms with Gasteiger partial charge in [-0.05, 0) is 0 Å². The van der Waals surface area contributed by atoms with Crippen molar-refractivity contribution >= 4 is 18.4 Å². The lowest BCUT2D eigenvalue weighted by Crippen LogP contribution is -1.83. The lowest BCUT2D eigenvalue weighted by Gasteiger charge is -1.77. The Bertz CT molecular complexity index is 142. The summed E-state index contributed by atoms with van der Waals surface area (Å²) >= 11 is 3.93. The Morgan fingerprint density at radius 2 is 2.57 bits per heavy atom. The highest BCUT2D eigenvalue weighted by Crippen LogP contribution is 2.08. The first-order chi connectivity index (χ1) is 3.30. The number of hydrogen-bond donors (Lipinski definition) is 3. The molecule has 0 radical (unpaired) electrons. The fourth-order valence-electron chi connectivity index (χ4n) is 0.294. The molecule has 1 aromatic rings. The van der Waals surface area contributed by atoms with Crippen molar-refractivity contribution < 1.29 is 0 Å². The van der Waals surface area contributed by atoms with E-state index in [1.54, 1.807) is 6.20 Å². The van der Waals surface area contributed by atoms with Gasteiger partial charge in [-0.25, -0.2) is 0 Å². The molecule has 38 valence electrons. The molecule has 0 atom stereocenters. The number of anilines is 1. The molecule has 0 saturated heterocycles. The van der Waals surface area contributed by atoms with Crippen molar-refractivity contribution in [2.45, 2.75) is 4.90 Å². The fraction of sp³-hybridized carbons (Fsp3) is 0. The minimum absolute atomic E-state index is 0.448. The van der Waals surface area contributed by atoms with Crippen LogP contribution in [0.5, 0.6) is 0 Å². The predicted octanol–water partition coefficient (Wildman–Crippen LogP) is 0.281. The van der Waals surface area contributed by atoms with Crippen molar-refractivity contribution in [2.24, 2.45) is 0 Å². The lowest BCUT2D eigenvalue weighted by atomic mass is 10.7. The Morgan fingerprint density at radius 3 is 2.71 bits per heavy atom. The largest absolute Gasteiger partial charge is 0.381 e. The quantitative estimate of drug-likeness (QED) is 0.425. The number of aromatic amines is 1. The van der Waals surface area contributed by atoms with Gasteiger partial charge in [-0.3, -0.25) is 5.10 Å². The van der Waals surface area contributed by atoms with Crippen LogP contribution in [0.15, 0.2) is 11.1 Å². The average Bonchev–Trinajstić information content (AvgIpc) is 1.91. The molecule has 0 saturated carbocycles. The number of nitrogens with one attached hydrogen (secondary N) is 1. The highest BCUT2D eigenvalue weighted by Gasteiger charge is 1.90. The number of nitrogens with zero attached hydrogens (tertiary/aromatic N) is 1. The second kappa shape index (κ2) is 1.46. The minimum atomic E-state index is 0.448. The monoisotopic (exact) mass is 115 g/mol. The maximum atomic E-state index is 5.22. The lowest BCUT2D eigenvalue weighted by molar-refractivity contribution is 1.10. The Morgan fingerprint density at radius 1 is 1.86 bits per heavy atom. The summed E-state index contributed by atoms with van der Waals surface area (Å²) in [7, 11) is 0. The standard InChI is InChI=1S/C3H5N3S/c4-3-2(7)1-5-6-3/h1,7H,(H3,4,5,6). The van der Waals surface area contributed by atoms with Crippen molar-refractivity contribution in [2.75, 3.05) is 5.73 Å². The predicted molar refractivity (Wildman–Crippen MR) is 30.3 cm³/mol. The van der Waals surface area contributed by atoms with Gasteiger partial charge in [0.25, 0.3) is 0 Å². The van der Waals surface area contributed by atoms with Gasteiger partial charge in [-0.1, -0.05) is 0 Å². The normalized spacial score (nSPS) is 9.29. The summed E-state index contributed by atoms with van der Waals surface area (Å²) in [4.78, 5) is 0.694. The molecule has 0 fully saturated rings. The van der Waals surface area contributed by atoms with Crippen molar-refractivity contribution in [3.05, 3.63) is 6.20 Å². The average molecular weight is 115 g/mol. The molecule has 1 heterocycles.